The summed E-state index contributed by atoms with van der Waals surface area (Å²) in [6.45, 7) is 4.75. The van der Waals surface area contributed by atoms with Crippen molar-refractivity contribution in [3.05, 3.63) is 49.3 Å². The molecule has 0 aliphatic heterocycles. The second-order valence-corrected chi connectivity index (χ2v) is 2.36. The molecule has 0 aliphatic rings. The molecule has 2 aromatic rings. The van der Waals surface area contributed by atoms with Gasteiger partial charge in [0.15, 0.2) is 0 Å². The standard InChI is InChI=1S/C9H8N2.CN/c1-2-4-8(5-3-1)9-10-6-7-11-9;1-2/h1-7H,(H,10,11);/q;-1/p+1. The highest BCUT2D eigenvalue weighted by Gasteiger charge is 2.01. The Morgan fingerprint density at radius 1 is 1.15 bits per heavy atom. The average molecular weight is 171 g/mol. The maximum atomic E-state index is 6.25. The van der Waals surface area contributed by atoms with Crippen molar-refractivity contribution in [3.63, 3.8) is 0 Å². The van der Waals surface area contributed by atoms with E-state index < -0.39 is 0 Å². The van der Waals surface area contributed by atoms with E-state index >= 15 is 0 Å². The van der Waals surface area contributed by atoms with E-state index in [4.69, 9.17) is 11.8 Å². The van der Waals surface area contributed by atoms with Gasteiger partial charge in [-0.15, -0.1) is 0 Å². The molecule has 1 aromatic heterocycles. The first-order valence-corrected chi connectivity index (χ1v) is 3.79. The van der Waals surface area contributed by atoms with Gasteiger partial charge in [0.2, 0.25) is 0 Å². The van der Waals surface area contributed by atoms with E-state index in [1.807, 2.05) is 30.6 Å². The lowest BCUT2D eigenvalue weighted by molar-refractivity contribution is -0.362. The van der Waals surface area contributed by atoms with Crippen LogP contribution in [0.4, 0.5) is 0 Å². The van der Waals surface area contributed by atoms with Gasteiger partial charge in [-0.2, -0.15) is 0 Å². The Kier molecular flexibility index (Phi) is 3.28. The van der Waals surface area contributed by atoms with E-state index in [0.717, 1.165) is 5.82 Å². The Morgan fingerprint density at radius 2 is 1.85 bits per heavy atom. The fourth-order valence-corrected chi connectivity index (χ4v) is 1.06. The van der Waals surface area contributed by atoms with Crippen molar-refractivity contribution < 1.29 is 4.98 Å². The third-order valence-electron chi connectivity index (χ3n) is 1.60. The van der Waals surface area contributed by atoms with E-state index in [2.05, 4.69) is 22.1 Å². The molecule has 0 saturated carbocycles. The van der Waals surface area contributed by atoms with Gasteiger partial charge in [0, 0.05) is 0 Å². The molecule has 0 amide bonds. The van der Waals surface area contributed by atoms with Crippen molar-refractivity contribution in [1.29, 1.82) is 5.26 Å². The Morgan fingerprint density at radius 3 is 2.38 bits per heavy atom. The van der Waals surface area contributed by atoms with Crippen LogP contribution in [-0.4, -0.2) is 4.98 Å². The number of aromatic amines is 2. The predicted molar refractivity (Wildman–Crippen MR) is 47.8 cm³/mol. The second-order valence-electron chi connectivity index (χ2n) is 2.36. The molecule has 13 heavy (non-hydrogen) atoms. The van der Waals surface area contributed by atoms with Crippen LogP contribution in [0, 0.1) is 11.8 Å². The van der Waals surface area contributed by atoms with Gasteiger partial charge in [-0.25, -0.2) is 9.97 Å². The molecule has 0 unspecified atom stereocenters. The van der Waals surface area contributed by atoms with Crippen LogP contribution in [0.3, 0.4) is 0 Å². The van der Waals surface area contributed by atoms with E-state index in [-0.39, 0.29) is 0 Å². The summed E-state index contributed by atoms with van der Waals surface area (Å²) in [6, 6.07) is 10.2. The lowest BCUT2D eigenvalue weighted by Gasteiger charge is -1.87. The minimum absolute atomic E-state index is 1.05. The molecule has 1 aromatic carbocycles. The number of hydrogen-bond acceptors (Lipinski definition) is 1. The van der Waals surface area contributed by atoms with Crippen LogP contribution >= 0.6 is 0 Å². The summed E-state index contributed by atoms with van der Waals surface area (Å²) in [6.07, 6.45) is 3.75. The quantitative estimate of drug-likeness (QED) is 0.651. The van der Waals surface area contributed by atoms with Gasteiger partial charge in [0.25, 0.3) is 5.82 Å². The molecule has 0 aliphatic carbocycles. The van der Waals surface area contributed by atoms with E-state index in [1.165, 1.54) is 5.56 Å². The monoisotopic (exact) mass is 171 g/mol. The molecular weight excluding hydrogens is 162 g/mol. The number of nitrogens with one attached hydrogen (secondary N) is 2. The molecule has 0 radical (unpaired) electrons. The number of hydrogen-bond donors (Lipinski definition) is 1. The summed E-state index contributed by atoms with van der Waals surface area (Å²) in [5.41, 5.74) is 1.18. The molecule has 0 fully saturated rings. The van der Waals surface area contributed by atoms with Crippen LogP contribution < -0.4 is 4.98 Å². The lowest BCUT2D eigenvalue weighted by Crippen LogP contribution is -1.99. The Labute approximate surface area is 76.7 Å². The highest BCUT2D eigenvalue weighted by atomic mass is 14.9. The predicted octanol–water partition coefficient (Wildman–Crippen LogP) is 1.59. The highest BCUT2D eigenvalue weighted by Crippen LogP contribution is 2.09. The zero-order valence-corrected chi connectivity index (χ0v) is 6.99. The number of nitrogens with zero attached hydrogens (tertiary/aromatic N) is 1. The average Bonchev–Trinajstić information content (AvgIpc) is 2.75. The maximum Gasteiger partial charge on any atom is 0.284 e. The van der Waals surface area contributed by atoms with Gasteiger partial charge in [-0.1, -0.05) is 18.2 Å². The molecule has 2 rings (SSSR count). The minimum atomic E-state index is 1.05. The molecule has 0 saturated heterocycles. The minimum Gasteiger partial charge on any atom is -0.512 e. The van der Waals surface area contributed by atoms with Crippen LogP contribution in [0.15, 0.2) is 42.7 Å². The van der Waals surface area contributed by atoms with Gasteiger partial charge in [-0.3, -0.25) is 0 Å². The second kappa shape index (κ2) is 4.73. The fraction of sp³-hybridized carbons (Fsp3) is 0. The topological polar surface area (TPSA) is 53.7 Å². The smallest absolute Gasteiger partial charge is 0.284 e. The van der Waals surface area contributed by atoms with Crippen molar-refractivity contribution in [2.75, 3.05) is 0 Å². The molecule has 64 valence electrons. The molecular formula is C10H9N3. The molecule has 0 bridgehead atoms. The van der Waals surface area contributed by atoms with Crippen LogP contribution in [0.1, 0.15) is 0 Å². The van der Waals surface area contributed by atoms with Gasteiger partial charge >= 0.3 is 0 Å². The van der Waals surface area contributed by atoms with Crippen molar-refractivity contribution in [1.82, 2.24) is 4.98 Å². The Balaban J connectivity index is 0.000000396. The summed E-state index contributed by atoms with van der Waals surface area (Å²) in [5, 5.41) is 6.25. The molecule has 2 N–H and O–H groups in total. The van der Waals surface area contributed by atoms with Gasteiger partial charge in [0.1, 0.15) is 12.4 Å². The SMILES string of the molecule is [C-]#N.c1ccc(-c2[nH]cc[nH+]2)cc1. The molecule has 3 nitrogen and oxygen atoms in total. The molecule has 0 atom stereocenters. The number of aromatic nitrogens is 2. The first-order chi connectivity index (χ1) is 6.47. The van der Waals surface area contributed by atoms with Crippen LogP contribution in [-0.2, 0) is 0 Å². The summed E-state index contributed by atoms with van der Waals surface area (Å²) >= 11 is 0. The fourth-order valence-electron chi connectivity index (χ4n) is 1.06. The van der Waals surface area contributed by atoms with Gasteiger partial charge in [0.05, 0.1) is 5.56 Å². The van der Waals surface area contributed by atoms with Crippen molar-refractivity contribution in [2.24, 2.45) is 0 Å². The van der Waals surface area contributed by atoms with Crippen molar-refractivity contribution in [3.8, 4) is 11.4 Å². The van der Waals surface area contributed by atoms with Crippen LogP contribution in [0.2, 0.25) is 0 Å². The molecule has 3 heteroatoms. The van der Waals surface area contributed by atoms with Crippen LogP contribution in [0.5, 0.6) is 0 Å². The number of imidazole rings is 1. The summed E-state index contributed by atoms with van der Waals surface area (Å²) in [5.74, 6) is 1.05. The number of rotatable bonds is 1. The summed E-state index contributed by atoms with van der Waals surface area (Å²) < 4.78 is 0. The molecule has 0 spiro atoms. The Hall–Kier alpha value is -2.08. The Bertz CT molecular complexity index is 348. The summed E-state index contributed by atoms with van der Waals surface area (Å²) in [4.78, 5) is 6.20. The van der Waals surface area contributed by atoms with E-state index in [1.54, 1.807) is 0 Å². The zero-order valence-electron chi connectivity index (χ0n) is 6.99. The lowest BCUT2D eigenvalue weighted by atomic mass is 10.2. The largest absolute Gasteiger partial charge is 0.512 e. The van der Waals surface area contributed by atoms with Gasteiger partial charge < -0.3 is 11.8 Å². The third-order valence-corrected chi connectivity index (χ3v) is 1.60. The van der Waals surface area contributed by atoms with Crippen LogP contribution in [0.25, 0.3) is 11.4 Å². The van der Waals surface area contributed by atoms with Crippen molar-refractivity contribution >= 4 is 0 Å². The highest BCUT2D eigenvalue weighted by molar-refractivity contribution is 5.50. The summed E-state index contributed by atoms with van der Waals surface area (Å²) in [7, 11) is 0. The third kappa shape index (κ3) is 2.17. The maximum absolute atomic E-state index is 6.25. The normalized spacial score (nSPS) is 8.46. The molecule has 1 heterocycles. The first-order valence-electron chi connectivity index (χ1n) is 3.79. The number of benzene rings is 1. The van der Waals surface area contributed by atoms with Crippen molar-refractivity contribution in [2.45, 2.75) is 0 Å². The number of H-pyrrole nitrogens is 2. The van der Waals surface area contributed by atoms with E-state index in [0.29, 0.717) is 0 Å². The van der Waals surface area contributed by atoms with E-state index in [9.17, 15) is 0 Å². The zero-order chi connectivity index (χ0) is 9.52. The first kappa shape index (κ1) is 9.01. The van der Waals surface area contributed by atoms with Gasteiger partial charge in [-0.05, 0) is 12.1 Å².